The first kappa shape index (κ1) is 30.2. The Morgan fingerprint density at radius 3 is 2.68 bits per heavy atom. The maximum absolute atomic E-state index is 13.3. The zero-order valence-electron chi connectivity index (χ0n) is 22.9. The number of sulfonamides is 1. The summed E-state index contributed by atoms with van der Waals surface area (Å²) >= 11 is 0. The minimum atomic E-state index is -3.63. The fraction of sp³-hybridized carbons (Fsp3) is 0.571. The molecule has 1 spiro atoms. The van der Waals surface area contributed by atoms with Crippen molar-refractivity contribution in [1.29, 1.82) is 0 Å². The van der Waals surface area contributed by atoms with E-state index in [2.05, 4.69) is 5.32 Å². The molecule has 5 rings (SSSR count). The van der Waals surface area contributed by atoms with Gasteiger partial charge in [-0.05, 0) is 61.9 Å². The van der Waals surface area contributed by atoms with Gasteiger partial charge < -0.3 is 29.7 Å². The second kappa shape index (κ2) is 12.5. The van der Waals surface area contributed by atoms with Crippen LogP contribution in [0.2, 0.25) is 0 Å². The highest BCUT2D eigenvalue weighted by atomic mass is 32.2. The van der Waals surface area contributed by atoms with Gasteiger partial charge in [-0.25, -0.2) is 16.8 Å². The van der Waals surface area contributed by atoms with Crippen LogP contribution in [-0.4, -0.2) is 101 Å². The van der Waals surface area contributed by atoms with Gasteiger partial charge in [0.15, 0.2) is 9.84 Å². The van der Waals surface area contributed by atoms with E-state index in [1.165, 1.54) is 16.4 Å². The number of sulfone groups is 1. The fourth-order valence-corrected chi connectivity index (χ4v) is 8.15. The van der Waals surface area contributed by atoms with E-state index in [1.807, 2.05) is 6.07 Å². The van der Waals surface area contributed by atoms with Crippen molar-refractivity contribution < 1.29 is 41.3 Å². The smallest absolute Gasteiger partial charge is 0.243 e. The van der Waals surface area contributed by atoms with Crippen molar-refractivity contribution in [3.63, 3.8) is 0 Å². The first-order chi connectivity index (χ1) is 19.6. The summed E-state index contributed by atoms with van der Waals surface area (Å²) in [6.45, 7) is 1.57. The number of ether oxygens (including phenoxy) is 3. The molecule has 0 aliphatic carbocycles. The van der Waals surface area contributed by atoms with E-state index >= 15 is 0 Å². The second-order valence-electron chi connectivity index (χ2n) is 10.9. The molecular weight excluding hydrogens is 572 g/mol. The summed E-state index contributed by atoms with van der Waals surface area (Å²) in [5.41, 5.74) is 0.645. The summed E-state index contributed by atoms with van der Waals surface area (Å²) < 4.78 is 69.9. The summed E-state index contributed by atoms with van der Waals surface area (Å²) in [4.78, 5) is 0.316. The first-order valence-corrected chi connectivity index (χ1v) is 17.1. The molecule has 3 aliphatic rings. The third-order valence-corrected chi connectivity index (χ3v) is 11.6. The molecule has 41 heavy (non-hydrogen) atoms. The lowest BCUT2D eigenvalue weighted by Crippen LogP contribution is -2.47. The summed E-state index contributed by atoms with van der Waals surface area (Å²) in [6, 6.07) is 11.2. The van der Waals surface area contributed by atoms with Crippen molar-refractivity contribution >= 4 is 19.9 Å². The van der Waals surface area contributed by atoms with Crippen molar-refractivity contribution in [2.45, 2.75) is 59.6 Å². The molecule has 0 saturated carbocycles. The molecular formula is C28H38N2O9S2. The van der Waals surface area contributed by atoms with E-state index in [4.69, 9.17) is 19.3 Å². The predicted molar refractivity (Wildman–Crippen MR) is 150 cm³/mol. The molecule has 3 N–H and O–H groups in total. The van der Waals surface area contributed by atoms with Crippen LogP contribution in [0.15, 0.2) is 52.3 Å². The van der Waals surface area contributed by atoms with Crippen LogP contribution in [0.5, 0.6) is 11.5 Å². The van der Waals surface area contributed by atoms with Crippen LogP contribution in [-0.2, 0) is 31.0 Å². The van der Waals surface area contributed by atoms with E-state index in [1.54, 1.807) is 24.3 Å². The Hall–Kier alpha value is -2.26. The number of hydrogen-bond donors (Lipinski definition) is 3. The summed E-state index contributed by atoms with van der Waals surface area (Å²) in [5, 5.41) is 22.7. The van der Waals surface area contributed by atoms with Gasteiger partial charge in [0.2, 0.25) is 10.0 Å². The van der Waals surface area contributed by atoms with Crippen LogP contribution in [0, 0.1) is 0 Å². The fourth-order valence-electron chi connectivity index (χ4n) is 5.64. The highest BCUT2D eigenvalue weighted by Crippen LogP contribution is 2.38. The second-order valence-corrected chi connectivity index (χ2v) is 15.0. The lowest BCUT2D eigenvalue weighted by atomic mass is 9.88. The van der Waals surface area contributed by atoms with Crippen molar-refractivity contribution in [2.75, 3.05) is 51.8 Å². The molecule has 11 nitrogen and oxygen atoms in total. The van der Waals surface area contributed by atoms with E-state index in [9.17, 15) is 21.9 Å². The Bertz CT molecular complexity index is 1420. The highest BCUT2D eigenvalue weighted by Gasteiger charge is 2.44. The predicted octanol–water partition coefficient (Wildman–Crippen LogP) is 1.12. The van der Waals surface area contributed by atoms with Crippen LogP contribution < -0.4 is 14.8 Å². The number of hydrogen-bond acceptors (Lipinski definition) is 10. The molecule has 0 amide bonds. The standard InChI is InChI=1S/C28H38N2O9S2/c31-12-14-40(33,34)25-5-1-4-24(15-25)38-20-23(32)18-29-22-17-28(39-19-22)8-10-30(11-9-28)41(35,36)26-7-6-21-3-2-13-37-27(21)16-26/h1,4-7,15-16,22-23,29,31-32H,2-3,8-14,17-20H2/t22-,23+/m1/s1. The molecule has 2 atom stereocenters. The summed E-state index contributed by atoms with van der Waals surface area (Å²) in [5.74, 6) is 0.605. The average molecular weight is 611 g/mol. The number of nitrogens with zero attached hydrogens (tertiary/aromatic N) is 1. The van der Waals surface area contributed by atoms with Crippen LogP contribution in [0.1, 0.15) is 31.2 Å². The number of rotatable bonds is 11. The Balaban J connectivity index is 1.08. The molecule has 2 saturated heterocycles. The van der Waals surface area contributed by atoms with Crippen molar-refractivity contribution in [1.82, 2.24) is 9.62 Å². The molecule has 0 bridgehead atoms. The summed E-state index contributed by atoms with van der Waals surface area (Å²) in [7, 11) is -7.23. The van der Waals surface area contributed by atoms with Gasteiger partial charge in [0.1, 0.15) is 24.2 Å². The minimum absolute atomic E-state index is 0.0116. The van der Waals surface area contributed by atoms with Crippen LogP contribution in [0.3, 0.4) is 0 Å². The number of piperidine rings is 1. The molecule has 3 aliphatic heterocycles. The van der Waals surface area contributed by atoms with Gasteiger partial charge in [-0.1, -0.05) is 12.1 Å². The molecule has 0 unspecified atom stereocenters. The molecule has 2 aromatic carbocycles. The van der Waals surface area contributed by atoms with Gasteiger partial charge >= 0.3 is 0 Å². The van der Waals surface area contributed by atoms with Crippen molar-refractivity contribution in [3.05, 3.63) is 48.0 Å². The van der Waals surface area contributed by atoms with Crippen LogP contribution in [0.25, 0.3) is 0 Å². The number of aryl methyl sites for hydroxylation is 1. The Labute approximate surface area is 241 Å². The number of benzene rings is 2. The lowest BCUT2D eigenvalue weighted by Gasteiger charge is -2.38. The maximum atomic E-state index is 13.3. The number of aliphatic hydroxyl groups is 2. The number of aliphatic hydroxyl groups excluding tert-OH is 2. The zero-order valence-corrected chi connectivity index (χ0v) is 24.5. The van der Waals surface area contributed by atoms with E-state index in [0.717, 1.165) is 18.4 Å². The Morgan fingerprint density at radius 2 is 1.90 bits per heavy atom. The van der Waals surface area contributed by atoms with Crippen LogP contribution >= 0.6 is 0 Å². The molecule has 0 radical (unpaired) electrons. The lowest BCUT2D eigenvalue weighted by molar-refractivity contribution is -0.0312. The molecule has 3 heterocycles. The van der Waals surface area contributed by atoms with E-state index in [-0.39, 0.29) is 34.7 Å². The van der Waals surface area contributed by atoms with Crippen molar-refractivity contribution in [3.8, 4) is 11.5 Å². The third-order valence-electron chi connectivity index (χ3n) is 7.98. The van der Waals surface area contributed by atoms with E-state index in [0.29, 0.717) is 57.1 Å². The van der Waals surface area contributed by atoms with Gasteiger partial charge in [-0.2, -0.15) is 4.31 Å². The highest BCUT2D eigenvalue weighted by molar-refractivity contribution is 7.91. The monoisotopic (exact) mass is 610 g/mol. The Kier molecular flexibility index (Phi) is 9.24. The number of nitrogens with one attached hydrogen (secondary N) is 1. The van der Waals surface area contributed by atoms with E-state index < -0.39 is 38.2 Å². The topological polar surface area (TPSA) is 152 Å². The molecule has 2 fully saturated rings. The SMILES string of the molecule is O=S(=O)(CCO)c1cccc(OC[C@@H](O)CN[C@H]2COC3(CCN(S(=O)(=O)c4ccc5c(c4)OCCC5)CC3)C2)c1. The largest absolute Gasteiger partial charge is 0.493 e. The quantitative estimate of drug-likeness (QED) is 0.338. The Morgan fingerprint density at radius 1 is 1.10 bits per heavy atom. The maximum Gasteiger partial charge on any atom is 0.243 e. The first-order valence-electron chi connectivity index (χ1n) is 14.0. The molecule has 226 valence electrons. The van der Waals surface area contributed by atoms with Crippen molar-refractivity contribution in [2.24, 2.45) is 0 Å². The van der Waals surface area contributed by atoms with Crippen LogP contribution in [0.4, 0.5) is 0 Å². The van der Waals surface area contributed by atoms with Gasteiger partial charge in [-0.3, -0.25) is 0 Å². The van der Waals surface area contributed by atoms with Gasteiger partial charge in [0, 0.05) is 31.7 Å². The third kappa shape index (κ3) is 7.04. The normalized spacial score (nSPS) is 21.8. The van der Waals surface area contributed by atoms with Gasteiger partial charge in [0.25, 0.3) is 0 Å². The minimum Gasteiger partial charge on any atom is -0.493 e. The average Bonchev–Trinajstić information content (AvgIpc) is 3.37. The molecule has 13 heteroatoms. The molecule has 0 aromatic heterocycles. The number of fused-ring (bicyclic) bond motifs is 1. The van der Waals surface area contributed by atoms with Gasteiger partial charge in [-0.15, -0.1) is 0 Å². The summed E-state index contributed by atoms with van der Waals surface area (Å²) in [6.07, 6.45) is 2.89. The van der Waals surface area contributed by atoms with Gasteiger partial charge in [0.05, 0.1) is 41.0 Å². The molecule has 2 aromatic rings. The zero-order chi connectivity index (χ0) is 29.1.